The number of carbonyl (C=O) groups is 1. The predicted octanol–water partition coefficient (Wildman–Crippen LogP) is -0.171. The lowest BCUT2D eigenvalue weighted by Crippen LogP contribution is -2.49. The van der Waals surface area contributed by atoms with E-state index in [0.717, 1.165) is 50.3 Å². The summed E-state index contributed by atoms with van der Waals surface area (Å²) < 4.78 is 1.16. The minimum Gasteiger partial charge on any atom is -0.337 e. The molecule has 0 spiro atoms. The summed E-state index contributed by atoms with van der Waals surface area (Å²) in [6.45, 7) is 7.57. The molecule has 2 aliphatic heterocycles. The number of rotatable bonds is 3. The van der Waals surface area contributed by atoms with Crippen LogP contribution >= 0.6 is 0 Å². The summed E-state index contributed by atoms with van der Waals surface area (Å²) in [5.41, 5.74) is 0.154. The van der Waals surface area contributed by atoms with Crippen molar-refractivity contribution in [1.29, 1.82) is 0 Å². The van der Waals surface area contributed by atoms with Crippen LogP contribution in [0.15, 0.2) is 27.8 Å². The van der Waals surface area contributed by atoms with Crippen LogP contribution in [0.2, 0.25) is 0 Å². The van der Waals surface area contributed by atoms with Crippen LogP contribution in [0.3, 0.4) is 0 Å². The highest BCUT2D eigenvalue weighted by molar-refractivity contribution is 5.97. The molecule has 2 aromatic rings. The molecule has 8 heteroatoms. The van der Waals surface area contributed by atoms with E-state index in [0.29, 0.717) is 29.1 Å². The summed E-state index contributed by atoms with van der Waals surface area (Å²) in [7, 11) is 0. The van der Waals surface area contributed by atoms with Crippen molar-refractivity contribution >= 4 is 16.8 Å². The number of H-pyrrole nitrogens is 1. The zero-order chi connectivity index (χ0) is 19.0. The number of benzene rings is 1. The average molecular weight is 371 g/mol. The molecule has 1 atom stereocenters. The van der Waals surface area contributed by atoms with Gasteiger partial charge in [-0.1, -0.05) is 0 Å². The van der Waals surface area contributed by atoms with E-state index in [1.165, 1.54) is 0 Å². The molecule has 2 aliphatic rings. The van der Waals surface area contributed by atoms with Crippen molar-refractivity contribution in [2.45, 2.75) is 25.9 Å². The molecule has 2 fully saturated rings. The quantitative estimate of drug-likeness (QED) is 0.782. The molecule has 27 heavy (non-hydrogen) atoms. The Hall–Kier alpha value is -2.45. The van der Waals surface area contributed by atoms with E-state index >= 15 is 0 Å². The molecule has 0 bridgehead atoms. The van der Waals surface area contributed by atoms with Crippen LogP contribution in [0.25, 0.3) is 10.9 Å². The molecular weight excluding hydrogens is 346 g/mol. The Morgan fingerprint density at radius 2 is 1.96 bits per heavy atom. The second kappa shape index (κ2) is 7.28. The molecule has 0 saturated carbocycles. The highest BCUT2D eigenvalue weighted by Crippen LogP contribution is 2.19. The van der Waals surface area contributed by atoms with Crippen molar-refractivity contribution in [3.8, 4) is 0 Å². The number of nitrogens with one attached hydrogen (secondary N) is 2. The normalized spacial score (nSPS) is 21.1. The summed E-state index contributed by atoms with van der Waals surface area (Å²) in [6.07, 6.45) is 0.983. The smallest absolute Gasteiger partial charge is 0.328 e. The maximum Gasteiger partial charge on any atom is 0.328 e. The standard InChI is InChI=1S/C19H25N5O3/c1-2-24-18(26)15-4-3-13(11-16(15)21-19(24)27)17(25)23-8-5-14(12-23)22-9-6-20-7-10-22/h3-4,11,14,20H,2,5-10,12H2,1H3,(H,21,27). The van der Waals surface area contributed by atoms with Gasteiger partial charge in [0.05, 0.1) is 10.9 Å². The van der Waals surface area contributed by atoms with Crippen LogP contribution in [0, 0.1) is 0 Å². The van der Waals surface area contributed by atoms with Gasteiger partial charge in [0.25, 0.3) is 11.5 Å². The number of likely N-dealkylation sites (tertiary alicyclic amines) is 1. The molecule has 3 heterocycles. The molecule has 144 valence electrons. The summed E-state index contributed by atoms with van der Waals surface area (Å²) in [5.74, 6) is -0.0462. The van der Waals surface area contributed by atoms with Crippen LogP contribution in [0.4, 0.5) is 0 Å². The van der Waals surface area contributed by atoms with Gasteiger partial charge in [-0.05, 0) is 31.5 Å². The van der Waals surface area contributed by atoms with Gasteiger partial charge in [-0.3, -0.25) is 19.1 Å². The van der Waals surface area contributed by atoms with Crippen molar-refractivity contribution in [2.75, 3.05) is 39.3 Å². The first-order valence-corrected chi connectivity index (χ1v) is 9.59. The summed E-state index contributed by atoms with van der Waals surface area (Å²) in [5, 5.41) is 3.78. The molecule has 2 saturated heterocycles. The number of aromatic amines is 1. The zero-order valence-electron chi connectivity index (χ0n) is 15.5. The van der Waals surface area contributed by atoms with Gasteiger partial charge in [0.1, 0.15) is 0 Å². The van der Waals surface area contributed by atoms with Crippen LogP contribution in [-0.2, 0) is 6.54 Å². The van der Waals surface area contributed by atoms with E-state index in [1.807, 2.05) is 4.90 Å². The van der Waals surface area contributed by atoms with Crippen LogP contribution < -0.4 is 16.6 Å². The van der Waals surface area contributed by atoms with E-state index in [1.54, 1.807) is 25.1 Å². The Morgan fingerprint density at radius 3 is 2.70 bits per heavy atom. The fourth-order valence-electron chi connectivity index (χ4n) is 4.13. The average Bonchev–Trinajstić information content (AvgIpc) is 3.18. The lowest BCUT2D eigenvalue weighted by atomic mass is 10.1. The molecular formula is C19H25N5O3. The highest BCUT2D eigenvalue weighted by Gasteiger charge is 2.31. The van der Waals surface area contributed by atoms with Crippen molar-refractivity contribution < 1.29 is 4.79 Å². The molecule has 2 N–H and O–H groups in total. The Kier molecular flexibility index (Phi) is 4.84. The first kappa shape index (κ1) is 17.9. The third-order valence-electron chi connectivity index (χ3n) is 5.66. The highest BCUT2D eigenvalue weighted by atomic mass is 16.2. The molecule has 4 rings (SSSR count). The SMILES string of the molecule is CCn1c(=O)[nH]c2cc(C(=O)N3CCC(N4CCNCC4)C3)ccc2c1=O. The summed E-state index contributed by atoms with van der Waals surface area (Å²) in [4.78, 5) is 44.4. The number of fused-ring (bicyclic) bond motifs is 1. The molecule has 0 aliphatic carbocycles. The Balaban J connectivity index is 1.56. The Labute approximate surface area is 156 Å². The molecule has 1 aromatic carbocycles. The van der Waals surface area contributed by atoms with Crippen molar-refractivity contribution in [3.05, 3.63) is 44.6 Å². The van der Waals surface area contributed by atoms with Gasteiger partial charge in [-0.25, -0.2) is 4.79 Å². The fourth-order valence-corrected chi connectivity index (χ4v) is 4.13. The van der Waals surface area contributed by atoms with Gasteiger partial charge < -0.3 is 15.2 Å². The summed E-state index contributed by atoms with van der Waals surface area (Å²) in [6, 6.07) is 5.35. The maximum absolute atomic E-state index is 12.9. The minimum absolute atomic E-state index is 0.0462. The van der Waals surface area contributed by atoms with Gasteiger partial charge in [0, 0.05) is 57.4 Å². The van der Waals surface area contributed by atoms with E-state index < -0.39 is 5.69 Å². The van der Waals surface area contributed by atoms with Crippen molar-refractivity contribution in [3.63, 3.8) is 0 Å². The van der Waals surface area contributed by atoms with E-state index in [2.05, 4.69) is 15.2 Å². The number of hydrogen-bond donors (Lipinski definition) is 2. The van der Waals surface area contributed by atoms with Gasteiger partial charge in [0.15, 0.2) is 0 Å². The van der Waals surface area contributed by atoms with Crippen molar-refractivity contribution in [1.82, 2.24) is 24.7 Å². The second-order valence-corrected chi connectivity index (χ2v) is 7.22. The van der Waals surface area contributed by atoms with Crippen LogP contribution in [0.1, 0.15) is 23.7 Å². The van der Waals surface area contributed by atoms with Crippen molar-refractivity contribution in [2.24, 2.45) is 0 Å². The van der Waals surface area contributed by atoms with E-state index in [4.69, 9.17) is 0 Å². The Morgan fingerprint density at radius 1 is 1.19 bits per heavy atom. The number of aromatic nitrogens is 2. The number of amides is 1. The Bertz CT molecular complexity index is 973. The number of piperazine rings is 1. The van der Waals surface area contributed by atoms with Gasteiger partial charge in [-0.15, -0.1) is 0 Å². The molecule has 8 nitrogen and oxygen atoms in total. The monoisotopic (exact) mass is 371 g/mol. The molecule has 0 radical (unpaired) electrons. The summed E-state index contributed by atoms with van der Waals surface area (Å²) >= 11 is 0. The first-order chi connectivity index (χ1) is 13.1. The topological polar surface area (TPSA) is 90.4 Å². The van der Waals surface area contributed by atoms with Gasteiger partial charge in [-0.2, -0.15) is 0 Å². The predicted molar refractivity (Wildman–Crippen MR) is 103 cm³/mol. The van der Waals surface area contributed by atoms with Crippen LogP contribution in [-0.4, -0.2) is 70.6 Å². The second-order valence-electron chi connectivity index (χ2n) is 7.22. The third-order valence-corrected chi connectivity index (χ3v) is 5.66. The molecule has 1 aromatic heterocycles. The lowest BCUT2D eigenvalue weighted by Gasteiger charge is -2.32. The van der Waals surface area contributed by atoms with E-state index in [9.17, 15) is 14.4 Å². The first-order valence-electron chi connectivity index (χ1n) is 9.59. The van der Waals surface area contributed by atoms with E-state index in [-0.39, 0.29) is 11.5 Å². The number of hydrogen-bond acceptors (Lipinski definition) is 5. The maximum atomic E-state index is 12.9. The lowest BCUT2D eigenvalue weighted by molar-refractivity contribution is 0.0773. The minimum atomic E-state index is -0.445. The fraction of sp³-hybridized carbons (Fsp3) is 0.526. The van der Waals surface area contributed by atoms with Gasteiger partial charge >= 0.3 is 5.69 Å². The largest absolute Gasteiger partial charge is 0.337 e. The van der Waals surface area contributed by atoms with Gasteiger partial charge in [0.2, 0.25) is 0 Å². The third kappa shape index (κ3) is 3.30. The zero-order valence-corrected chi connectivity index (χ0v) is 15.5. The molecule has 1 amide bonds. The number of nitrogens with zero attached hydrogens (tertiary/aromatic N) is 3. The number of carbonyl (C=O) groups excluding carboxylic acids is 1. The van der Waals surface area contributed by atoms with Crippen LogP contribution in [0.5, 0.6) is 0 Å². The molecule has 1 unspecified atom stereocenters.